The van der Waals surface area contributed by atoms with Gasteiger partial charge in [0.15, 0.2) is 0 Å². The quantitative estimate of drug-likeness (QED) is 0.0430. The van der Waals surface area contributed by atoms with Crippen molar-refractivity contribution in [2.24, 2.45) is 0 Å². The fourth-order valence-corrected chi connectivity index (χ4v) is 7.98. The summed E-state index contributed by atoms with van der Waals surface area (Å²) in [6, 6.07) is 15.1. The van der Waals surface area contributed by atoms with Crippen LogP contribution in [-0.4, -0.2) is 143 Å². The van der Waals surface area contributed by atoms with Gasteiger partial charge in [0.2, 0.25) is 5.91 Å². The lowest BCUT2D eigenvalue weighted by Gasteiger charge is -2.32. The number of methoxy groups -OCH3 is 1. The van der Waals surface area contributed by atoms with Gasteiger partial charge in [0, 0.05) is 70.0 Å². The van der Waals surface area contributed by atoms with Crippen LogP contribution in [0.5, 0.6) is 0 Å². The van der Waals surface area contributed by atoms with Crippen LogP contribution >= 0.6 is 0 Å². The van der Waals surface area contributed by atoms with Crippen LogP contribution in [0.15, 0.2) is 92.0 Å². The highest BCUT2D eigenvalue weighted by atomic mass is 16.7. The molecular weight excluding hydrogens is 1040 g/mol. The number of ether oxygens (including phenoxy) is 1. The van der Waals surface area contributed by atoms with Gasteiger partial charge < -0.3 is 49.8 Å². The third kappa shape index (κ3) is 19.9. The lowest BCUT2D eigenvalue weighted by atomic mass is 10.1. The van der Waals surface area contributed by atoms with E-state index in [1.807, 2.05) is 27.7 Å². The van der Waals surface area contributed by atoms with Crippen LogP contribution in [0.1, 0.15) is 160 Å². The minimum atomic E-state index is -1.31. The molecule has 1 atom stereocenters. The van der Waals surface area contributed by atoms with Crippen LogP contribution in [0.25, 0.3) is 0 Å². The number of carbonyl (C=O) groups is 6. The van der Waals surface area contributed by atoms with E-state index >= 15 is 4.79 Å². The molecule has 0 aliphatic carbocycles. The summed E-state index contributed by atoms with van der Waals surface area (Å²) in [6.07, 6.45) is 5.85. The monoisotopic (exact) mass is 1120 g/mol. The van der Waals surface area contributed by atoms with Crippen LogP contribution in [-0.2, 0) is 14.3 Å². The molecule has 0 fully saturated rings. The van der Waals surface area contributed by atoms with Gasteiger partial charge in [0.1, 0.15) is 55.2 Å². The largest absolute Gasteiger partial charge is 0.469 e. The number of unbranched alkanes of at least 4 members (excludes halogenated alkanes) is 4. The maximum atomic E-state index is 15.0. The van der Waals surface area contributed by atoms with E-state index in [9.17, 15) is 43.2 Å². The van der Waals surface area contributed by atoms with Gasteiger partial charge >= 0.3 is 5.97 Å². The number of carbonyl (C=O) groups excluding carboxylic acids is 6. The van der Waals surface area contributed by atoms with Crippen molar-refractivity contribution < 1.29 is 52.9 Å². The van der Waals surface area contributed by atoms with Gasteiger partial charge in [-0.1, -0.05) is 77.6 Å². The molecule has 24 heteroatoms. The molecule has 0 radical (unpaired) electrons. The molecule has 4 aromatic rings. The van der Waals surface area contributed by atoms with Gasteiger partial charge in [0.05, 0.1) is 7.11 Å². The molecule has 4 rings (SSSR count). The first-order valence-corrected chi connectivity index (χ1v) is 27.6. The number of nitrogens with one attached hydrogen (secondary N) is 3. The van der Waals surface area contributed by atoms with E-state index < -0.39 is 63.8 Å². The molecule has 1 unspecified atom stereocenters. The van der Waals surface area contributed by atoms with Crippen LogP contribution in [0.4, 0.5) is 0 Å². The number of amides is 5. The average molecular weight is 1120 g/mol. The third-order valence-corrected chi connectivity index (χ3v) is 12.4. The first-order chi connectivity index (χ1) is 38.7. The molecule has 0 aromatic carbocycles. The summed E-state index contributed by atoms with van der Waals surface area (Å²) in [4.78, 5) is 161. The fraction of sp³-hybridized carbons (Fsp3) is 0.536. The molecule has 0 aliphatic rings. The van der Waals surface area contributed by atoms with Crippen molar-refractivity contribution in [3.63, 3.8) is 0 Å². The topological polar surface area (TPSA) is 279 Å². The summed E-state index contributed by atoms with van der Waals surface area (Å²) in [6.45, 7) is 8.15. The number of hydrogen-bond donors (Lipinski definition) is 3. The SMILES string of the molecule is CCCCOn1c(C(=O)NCCCN(CCCC(C(=O)NCCCC(=O)OC)N(CCCNC(=O)c2cccc(=O)n2OCCCC)C(=O)c2cccc(=O)n2OCCCC)C(=O)c2cccc(=O)n2OCCCC)cccc1=O. The number of hydrogen-bond acceptors (Lipinski definition) is 15. The number of pyridine rings is 4. The zero-order valence-electron chi connectivity index (χ0n) is 46.8. The second kappa shape index (κ2) is 35.4. The van der Waals surface area contributed by atoms with E-state index in [4.69, 9.17) is 24.1 Å². The maximum absolute atomic E-state index is 15.0. The van der Waals surface area contributed by atoms with Crippen molar-refractivity contribution in [2.45, 2.75) is 124 Å². The molecule has 5 amide bonds. The van der Waals surface area contributed by atoms with Gasteiger partial charge in [-0.15, -0.1) is 18.9 Å². The van der Waals surface area contributed by atoms with Crippen molar-refractivity contribution in [1.29, 1.82) is 0 Å². The van der Waals surface area contributed by atoms with Gasteiger partial charge in [-0.25, -0.2) is 0 Å². The van der Waals surface area contributed by atoms with Crippen LogP contribution in [0.2, 0.25) is 0 Å². The van der Waals surface area contributed by atoms with Crippen LogP contribution in [0.3, 0.4) is 0 Å². The van der Waals surface area contributed by atoms with Gasteiger partial charge in [-0.05, 0) is 82.1 Å². The second-order valence-electron chi connectivity index (χ2n) is 18.6. The second-order valence-corrected chi connectivity index (χ2v) is 18.6. The highest BCUT2D eigenvalue weighted by Gasteiger charge is 2.33. The molecule has 3 N–H and O–H groups in total. The third-order valence-electron chi connectivity index (χ3n) is 12.4. The van der Waals surface area contributed by atoms with E-state index in [1.54, 1.807) is 0 Å². The highest BCUT2D eigenvalue weighted by molar-refractivity contribution is 5.97. The summed E-state index contributed by atoms with van der Waals surface area (Å²) >= 11 is 0. The Labute approximate surface area is 465 Å². The minimum Gasteiger partial charge on any atom is -0.469 e. The molecule has 438 valence electrons. The first-order valence-electron chi connectivity index (χ1n) is 27.6. The standard InChI is InChI=1S/C56H79N9O15/c1-6-10-38-77-62-43(22-14-27-47(62)66)53(72)58-33-20-36-60(55(74)45-24-16-29-49(68)64(45)79-40-12-8-3)35-19-26-42(52(71)57-32-18-31-51(70)76-5)61(56(75)46-25-17-30-50(69)65(46)80-41-13-9-4)37-21-34-59-54(73)44-23-15-28-48(67)63(44)78-39-11-7-2/h14-17,22-25,27-30,42H,6-13,18-21,26,31-41H2,1-5H3,(H,57,71)(H,58,72)(H,59,73). The Hall–Kier alpha value is -8.18. The Balaban J connectivity index is 1.71. The zero-order chi connectivity index (χ0) is 58.2. The predicted octanol–water partition coefficient (Wildman–Crippen LogP) is 2.69. The Morgan fingerprint density at radius 2 is 0.838 bits per heavy atom. The summed E-state index contributed by atoms with van der Waals surface area (Å²) in [5.74, 6) is -3.77. The summed E-state index contributed by atoms with van der Waals surface area (Å²) in [5.41, 5.74) is -2.65. The number of esters is 1. The smallest absolute Gasteiger partial charge is 0.305 e. The van der Waals surface area contributed by atoms with Crippen molar-refractivity contribution in [1.82, 2.24) is 44.7 Å². The Kier molecular flexibility index (Phi) is 28.4. The van der Waals surface area contributed by atoms with Gasteiger partial charge in [-0.3, -0.25) is 47.9 Å². The summed E-state index contributed by atoms with van der Waals surface area (Å²) in [5, 5.41) is 8.39. The van der Waals surface area contributed by atoms with E-state index in [-0.39, 0.29) is 127 Å². The average Bonchev–Trinajstić information content (AvgIpc) is 3.48. The lowest BCUT2D eigenvalue weighted by Crippen LogP contribution is -2.52. The van der Waals surface area contributed by atoms with Gasteiger partial charge in [0.25, 0.3) is 45.9 Å². The molecule has 0 spiro atoms. The van der Waals surface area contributed by atoms with Crippen molar-refractivity contribution in [2.75, 3.05) is 72.8 Å². The Bertz CT molecular complexity index is 2880. The van der Waals surface area contributed by atoms with Crippen LogP contribution < -0.4 is 57.5 Å². The Morgan fingerprint density at radius 1 is 0.463 bits per heavy atom. The molecule has 4 aromatic heterocycles. The summed E-state index contributed by atoms with van der Waals surface area (Å²) < 4.78 is 8.45. The van der Waals surface area contributed by atoms with Crippen molar-refractivity contribution >= 4 is 35.5 Å². The van der Waals surface area contributed by atoms with E-state index in [1.165, 1.54) is 89.7 Å². The predicted molar refractivity (Wildman–Crippen MR) is 296 cm³/mol. The highest BCUT2D eigenvalue weighted by Crippen LogP contribution is 2.16. The molecule has 4 heterocycles. The van der Waals surface area contributed by atoms with E-state index in [0.29, 0.717) is 25.7 Å². The molecule has 0 saturated heterocycles. The molecule has 24 nitrogen and oxygen atoms in total. The minimum absolute atomic E-state index is 0.00166. The first kappa shape index (κ1) is 64.3. The summed E-state index contributed by atoms with van der Waals surface area (Å²) in [7, 11) is 1.24. The van der Waals surface area contributed by atoms with E-state index in [2.05, 4.69) is 16.0 Å². The zero-order valence-corrected chi connectivity index (χ0v) is 46.8. The molecule has 0 bridgehead atoms. The number of nitrogens with zero attached hydrogens (tertiary/aromatic N) is 6. The Morgan fingerprint density at radius 3 is 1.26 bits per heavy atom. The van der Waals surface area contributed by atoms with Crippen LogP contribution in [0, 0.1) is 0 Å². The molecule has 0 saturated carbocycles. The lowest BCUT2D eigenvalue weighted by molar-refractivity contribution is -0.140. The molecule has 0 aliphatic heterocycles. The molecular formula is C56H79N9O15. The fourth-order valence-electron chi connectivity index (χ4n) is 7.98. The normalized spacial score (nSPS) is 11.2. The maximum Gasteiger partial charge on any atom is 0.305 e. The van der Waals surface area contributed by atoms with Crippen molar-refractivity contribution in [3.05, 3.63) is 137 Å². The molecule has 80 heavy (non-hydrogen) atoms. The van der Waals surface area contributed by atoms with E-state index in [0.717, 1.165) is 44.6 Å². The van der Waals surface area contributed by atoms with Gasteiger partial charge in [-0.2, -0.15) is 0 Å². The van der Waals surface area contributed by atoms with Crippen molar-refractivity contribution in [3.8, 4) is 0 Å². The number of aromatic nitrogens is 4. The number of rotatable bonds is 38.